The summed E-state index contributed by atoms with van der Waals surface area (Å²) in [6.45, 7) is 0. The average Bonchev–Trinajstić information content (AvgIpc) is 2.42. The zero-order valence-electron chi connectivity index (χ0n) is 10.2. The number of hydrogen-bond acceptors (Lipinski definition) is 5. The van der Waals surface area contributed by atoms with Crippen molar-refractivity contribution in [1.82, 2.24) is 9.97 Å². The van der Waals surface area contributed by atoms with Crippen LogP contribution in [0.1, 0.15) is 0 Å². The summed E-state index contributed by atoms with van der Waals surface area (Å²) < 4.78 is 15.9. The van der Waals surface area contributed by atoms with Crippen LogP contribution in [0.25, 0.3) is 0 Å². The largest absolute Gasteiger partial charge is 0.493 e. The Morgan fingerprint density at radius 3 is 2.16 bits per heavy atom. The summed E-state index contributed by atoms with van der Waals surface area (Å²) in [6.07, 6.45) is 1.26. The third-order valence-corrected chi connectivity index (χ3v) is 2.83. The van der Waals surface area contributed by atoms with E-state index in [-0.39, 0.29) is 16.1 Å². The summed E-state index contributed by atoms with van der Waals surface area (Å²) in [5.74, 6) is 1.80. The minimum Gasteiger partial charge on any atom is -0.493 e. The molecule has 0 amide bonds. The average molecular weight is 301 g/mol. The van der Waals surface area contributed by atoms with Crippen molar-refractivity contribution >= 4 is 23.2 Å². The molecule has 0 N–H and O–H groups in total. The predicted octanol–water partition coefficient (Wildman–Crippen LogP) is 3.59. The lowest BCUT2D eigenvalue weighted by Gasteiger charge is -2.11. The standard InChI is InChI=1S/C12H10Cl2N2O3/c1-17-8-4-3-7(5-9(8)18-2)19-10-11(13)15-6-16-12(10)14/h3-6H,1-2H3. The highest BCUT2D eigenvalue weighted by Crippen LogP contribution is 2.37. The maximum atomic E-state index is 5.90. The van der Waals surface area contributed by atoms with Crippen molar-refractivity contribution < 1.29 is 14.2 Å². The third-order valence-electron chi connectivity index (χ3n) is 2.29. The summed E-state index contributed by atoms with van der Waals surface area (Å²) in [5, 5.41) is 0.268. The maximum Gasteiger partial charge on any atom is 0.201 e. The molecular weight excluding hydrogens is 291 g/mol. The van der Waals surface area contributed by atoms with Crippen LogP contribution >= 0.6 is 23.2 Å². The van der Waals surface area contributed by atoms with Crippen molar-refractivity contribution in [2.24, 2.45) is 0 Å². The predicted molar refractivity (Wildman–Crippen MR) is 71.7 cm³/mol. The van der Waals surface area contributed by atoms with Gasteiger partial charge in [0.1, 0.15) is 12.1 Å². The monoisotopic (exact) mass is 300 g/mol. The SMILES string of the molecule is COc1ccc(Oc2c(Cl)ncnc2Cl)cc1OC. The number of nitrogens with zero attached hydrogens (tertiary/aromatic N) is 2. The van der Waals surface area contributed by atoms with Gasteiger partial charge in [0.2, 0.25) is 5.75 Å². The highest BCUT2D eigenvalue weighted by molar-refractivity contribution is 6.35. The summed E-state index contributed by atoms with van der Waals surface area (Å²) in [4.78, 5) is 7.60. The molecule has 0 unspecified atom stereocenters. The number of halogens is 2. The molecule has 0 spiro atoms. The first kappa shape index (κ1) is 13.7. The number of benzene rings is 1. The van der Waals surface area contributed by atoms with E-state index in [9.17, 15) is 0 Å². The minimum atomic E-state index is 0.134. The van der Waals surface area contributed by atoms with Crippen molar-refractivity contribution in [3.05, 3.63) is 34.8 Å². The molecule has 0 radical (unpaired) electrons. The minimum absolute atomic E-state index is 0.134. The van der Waals surface area contributed by atoms with Crippen LogP contribution in [0, 0.1) is 0 Å². The molecule has 0 aliphatic carbocycles. The van der Waals surface area contributed by atoms with Crippen LogP contribution in [0.4, 0.5) is 0 Å². The first-order valence-corrected chi connectivity index (χ1v) is 5.97. The quantitative estimate of drug-likeness (QED) is 0.808. The first-order valence-electron chi connectivity index (χ1n) is 5.21. The number of ether oxygens (including phenoxy) is 3. The Morgan fingerprint density at radius 1 is 0.947 bits per heavy atom. The van der Waals surface area contributed by atoms with E-state index in [0.717, 1.165) is 0 Å². The fourth-order valence-electron chi connectivity index (χ4n) is 1.41. The van der Waals surface area contributed by atoms with E-state index in [1.807, 2.05) is 0 Å². The van der Waals surface area contributed by atoms with E-state index in [1.54, 1.807) is 25.3 Å². The van der Waals surface area contributed by atoms with Crippen LogP contribution in [0.2, 0.25) is 10.3 Å². The summed E-state index contributed by atoms with van der Waals surface area (Å²) in [7, 11) is 3.09. The molecule has 2 aromatic rings. The van der Waals surface area contributed by atoms with Crippen LogP contribution in [-0.4, -0.2) is 24.2 Å². The van der Waals surface area contributed by atoms with E-state index >= 15 is 0 Å². The fraction of sp³-hybridized carbons (Fsp3) is 0.167. The molecule has 1 heterocycles. The van der Waals surface area contributed by atoms with E-state index in [1.165, 1.54) is 13.4 Å². The Morgan fingerprint density at radius 2 is 1.58 bits per heavy atom. The highest BCUT2D eigenvalue weighted by atomic mass is 35.5. The summed E-state index contributed by atoms with van der Waals surface area (Å²) >= 11 is 11.8. The molecule has 0 atom stereocenters. The smallest absolute Gasteiger partial charge is 0.201 e. The van der Waals surface area contributed by atoms with Gasteiger partial charge in [-0.1, -0.05) is 23.2 Å². The number of hydrogen-bond donors (Lipinski definition) is 0. The van der Waals surface area contributed by atoms with Crippen molar-refractivity contribution in [1.29, 1.82) is 0 Å². The molecule has 1 aromatic carbocycles. The van der Waals surface area contributed by atoms with Gasteiger partial charge in [-0.25, -0.2) is 9.97 Å². The van der Waals surface area contributed by atoms with Crippen LogP contribution in [0.3, 0.4) is 0 Å². The van der Waals surface area contributed by atoms with E-state index < -0.39 is 0 Å². The fourth-order valence-corrected chi connectivity index (χ4v) is 1.81. The lowest BCUT2D eigenvalue weighted by Crippen LogP contribution is -1.93. The second-order valence-electron chi connectivity index (χ2n) is 3.40. The molecule has 0 aliphatic rings. The van der Waals surface area contributed by atoms with E-state index in [4.69, 9.17) is 37.4 Å². The van der Waals surface area contributed by atoms with Gasteiger partial charge < -0.3 is 14.2 Å². The molecule has 0 fully saturated rings. The Balaban J connectivity index is 2.33. The third kappa shape index (κ3) is 3.00. The molecule has 100 valence electrons. The Kier molecular flexibility index (Phi) is 4.29. The Bertz CT molecular complexity index is 573. The zero-order chi connectivity index (χ0) is 13.8. The lowest BCUT2D eigenvalue weighted by molar-refractivity contribution is 0.352. The van der Waals surface area contributed by atoms with Crippen LogP contribution in [-0.2, 0) is 0 Å². The highest BCUT2D eigenvalue weighted by Gasteiger charge is 2.12. The second-order valence-corrected chi connectivity index (χ2v) is 4.12. The molecule has 7 heteroatoms. The van der Waals surface area contributed by atoms with Crippen molar-refractivity contribution in [3.63, 3.8) is 0 Å². The molecule has 0 saturated heterocycles. The van der Waals surface area contributed by atoms with Crippen LogP contribution in [0.5, 0.6) is 23.0 Å². The van der Waals surface area contributed by atoms with Gasteiger partial charge in [0, 0.05) is 6.07 Å². The van der Waals surface area contributed by atoms with Gasteiger partial charge in [-0.2, -0.15) is 0 Å². The Labute approximate surface area is 120 Å². The van der Waals surface area contributed by atoms with Crippen molar-refractivity contribution in [3.8, 4) is 23.0 Å². The van der Waals surface area contributed by atoms with Crippen molar-refractivity contribution in [2.75, 3.05) is 14.2 Å². The molecule has 0 bridgehead atoms. The zero-order valence-corrected chi connectivity index (χ0v) is 11.7. The number of rotatable bonds is 4. The summed E-state index contributed by atoms with van der Waals surface area (Å²) in [6, 6.07) is 5.05. The number of methoxy groups -OCH3 is 2. The molecular formula is C12H10Cl2N2O3. The maximum absolute atomic E-state index is 5.90. The number of aromatic nitrogens is 2. The molecule has 0 aliphatic heterocycles. The molecule has 0 saturated carbocycles. The van der Waals surface area contributed by atoms with Gasteiger partial charge in [-0.05, 0) is 12.1 Å². The first-order chi connectivity index (χ1) is 9.15. The molecule has 1 aromatic heterocycles. The van der Waals surface area contributed by atoms with Crippen LogP contribution in [0.15, 0.2) is 24.5 Å². The van der Waals surface area contributed by atoms with Gasteiger partial charge >= 0.3 is 0 Å². The lowest BCUT2D eigenvalue weighted by atomic mass is 10.3. The van der Waals surface area contributed by atoms with Crippen molar-refractivity contribution in [2.45, 2.75) is 0 Å². The Hall–Kier alpha value is -1.72. The van der Waals surface area contributed by atoms with Gasteiger partial charge in [-0.3, -0.25) is 0 Å². The van der Waals surface area contributed by atoms with Gasteiger partial charge in [0.25, 0.3) is 0 Å². The van der Waals surface area contributed by atoms with Gasteiger partial charge in [-0.15, -0.1) is 0 Å². The van der Waals surface area contributed by atoms with E-state index in [2.05, 4.69) is 9.97 Å². The topological polar surface area (TPSA) is 53.5 Å². The normalized spacial score (nSPS) is 10.1. The van der Waals surface area contributed by atoms with E-state index in [0.29, 0.717) is 17.2 Å². The van der Waals surface area contributed by atoms with Crippen LogP contribution < -0.4 is 14.2 Å². The molecule has 5 nitrogen and oxygen atoms in total. The summed E-state index contributed by atoms with van der Waals surface area (Å²) in [5.41, 5.74) is 0. The molecule has 19 heavy (non-hydrogen) atoms. The second kappa shape index (κ2) is 5.95. The van der Waals surface area contributed by atoms with Gasteiger partial charge in [0.05, 0.1) is 14.2 Å². The van der Waals surface area contributed by atoms with Gasteiger partial charge in [0.15, 0.2) is 21.8 Å². The molecule has 2 rings (SSSR count).